The van der Waals surface area contributed by atoms with E-state index in [0.29, 0.717) is 6.54 Å². The van der Waals surface area contributed by atoms with Crippen LogP contribution in [0.4, 0.5) is 0 Å². The molecule has 0 aliphatic carbocycles. The van der Waals surface area contributed by atoms with Crippen LogP contribution in [0.5, 0.6) is 0 Å². The summed E-state index contributed by atoms with van der Waals surface area (Å²) in [7, 11) is 1.93. The Kier molecular flexibility index (Phi) is 6.61. The van der Waals surface area contributed by atoms with Gasteiger partial charge in [-0.25, -0.2) is 4.99 Å². The number of allylic oxidation sites excluding steroid dienone is 1. The molecule has 1 aromatic heterocycles. The zero-order valence-electron chi connectivity index (χ0n) is 11.5. The highest BCUT2D eigenvalue weighted by atomic mass is 15.3. The second kappa shape index (κ2) is 8.33. The summed E-state index contributed by atoms with van der Waals surface area (Å²) in [5.41, 5.74) is 1.10. The zero-order valence-corrected chi connectivity index (χ0v) is 11.5. The molecule has 0 aliphatic heterocycles. The van der Waals surface area contributed by atoms with Gasteiger partial charge in [0.25, 0.3) is 0 Å². The third-order valence-corrected chi connectivity index (χ3v) is 2.50. The minimum absolute atomic E-state index is 0.634. The highest BCUT2D eigenvalue weighted by Gasteiger charge is 1.99. The minimum atomic E-state index is 0.634. The van der Waals surface area contributed by atoms with Gasteiger partial charge in [0.1, 0.15) is 0 Å². The van der Waals surface area contributed by atoms with E-state index in [0.717, 1.165) is 31.2 Å². The third-order valence-electron chi connectivity index (χ3n) is 2.50. The van der Waals surface area contributed by atoms with Crippen molar-refractivity contribution in [3.63, 3.8) is 0 Å². The van der Waals surface area contributed by atoms with Crippen molar-refractivity contribution in [2.45, 2.75) is 26.8 Å². The van der Waals surface area contributed by atoms with Crippen molar-refractivity contribution < 1.29 is 0 Å². The van der Waals surface area contributed by atoms with Crippen LogP contribution in [0.15, 0.2) is 29.4 Å². The first-order chi connectivity index (χ1) is 8.77. The van der Waals surface area contributed by atoms with E-state index in [1.165, 1.54) is 0 Å². The summed E-state index contributed by atoms with van der Waals surface area (Å²) in [6, 6.07) is 1.98. The van der Waals surface area contributed by atoms with Crippen LogP contribution in [-0.2, 0) is 13.6 Å². The van der Waals surface area contributed by atoms with Gasteiger partial charge in [0.2, 0.25) is 0 Å². The lowest BCUT2D eigenvalue weighted by Gasteiger charge is -2.10. The van der Waals surface area contributed by atoms with Gasteiger partial charge >= 0.3 is 0 Å². The van der Waals surface area contributed by atoms with E-state index >= 15 is 0 Å². The van der Waals surface area contributed by atoms with Gasteiger partial charge in [-0.2, -0.15) is 5.10 Å². The number of aliphatic imine (C=N–C) groups is 1. The maximum absolute atomic E-state index is 4.52. The van der Waals surface area contributed by atoms with E-state index in [1.807, 2.05) is 24.7 Å². The standard InChI is InChI=1S/C13H23N5/c1-4-6-7-9-15-13(14-5-2)16-11-12-8-10-17-18(12)3/h4,6,8,10H,5,7,9,11H2,1-3H3,(H2,14,15,16)/b6-4+. The highest BCUT2D eigenvalue weighted by molar-refractivity contribution is 5.79. The molecule has 1 heterocycles. The summed E-state index contributed by atoms with van der Waals surface area (Å²) in [5, 5.41) is 10.6. The Morgan fingerprint density at radius 2 is 2.33 bits per heavy atom. The normalized spacial score (nSPS) is 12.1. The van der Waals surface area contributed by atoms with E-state index in [-0.39, 0.29) is 0 Å². The van der Waals surface area contributed by atoms with Crippen LogP contribution in [0, 0.1) is 0 Å². The molecule has 0 saturated carbocycles. The molecule has 2 N–H and O–H groups in total. The van der Waals surface area contributed by atoms with Crippen LogP contribution in [0.25, 0.3) is 0 Å². The summed E-state index contributed by atoms with van der Waals surface area (Å²) in [4.78, 5) is 4.52. The van der Waals surface area contributed by atoms with Crippen LogP contribution < -0.4 is 10.6 Å². The lowest BCUT2D eigenvalue weighted by molar-refractivity contribution is 0.707. The summed E-state index contributed by atoms with van der Waals surface area (Å²) in [5.74, 6) is 0.850. The number of hydrogen-bond acceptors (Lipinski definition) is 2. The van der Waals surface area contributed by atoms with Crippen LogP contribution in [0.1, 0.15) is 26.0 Å². The van der Waals surface area contributed by atoms with Crippen molar-refractivity contribution in [1.82, 2.24) is 20.4 Å². The van der Waals surface area contributed by atoms with Gasteiger partial charge in [-0.05, 0) is 26.3 Å². The van der Waals surface area contributed by atoms with Gasteiger partial charge in [0.15, 0.2) is 5.96 Å². The predicted octanol–water partition coefficient (Wildman–Crippen LogP) is 1.44. The fraction of sp³-hybridized carbons (Fsp3) is 0.538. The molecule has 5 heteroatoms. The number of nitrogens with one attached hydrogen (secondary N) is 2. The quantitative estimate of drug-likeness (QED) is 0.347. The first kappa shape index (κ1) is 14.3. The molecule has 0 unspecified atom stereocenters. The zero-order chi connectivity index (χ0) is 13.2. The third kappa shape index (κ3) is 5.03. The minimum Gasteiger partial charge on any atom is -0.357 e. The lowest BCUT2D eigenvalue weighted by atomic mass is 10.4. The largest absolute Gasteiger partial charge is 0.357 e. The fourth-order valence-corrected chi connectivity index (χ4v) is 1.50. The lowest BCUT2D eigenvalue weighted by Crippen LogP contribution is -2.37. The maximum Gasteiger partial charge on any atom is 0.191 e. The second-order valence-electron chi connectivity index (χ2n) is 3.93. The van der Waals surface area contributed by atoms with Crippen molar-refractivity contribution in [2.75, 3.05) is 13.1 Å². The topological polar surface area (TPSA) is 54.2 Å². The number of nitrogens with zero attached hydrogens (tertiary/aromatic N) is 3. The molecule has 100 valence electrons. The van der Waals surface area contributed by atoms with E-state index in [9.17, 15) is 0 Å². The van der Waals surface area contributed by atoms with Gasteiger partial charge in [0, 0.05) is 26.3 Å². The number of aromatic nitrogens is 2. The van der Waals surface area contributed by atoms with Crippen LogP contribution >= 0.6 is 0 Å². The van der Waals surface area contributed by atoms with Gasteiger partial charge in [0.05, 0.1) is 12.2 Å². The summed E-state index contributed by atoms with van der Waals surface area (Å²) >= 11 is 0. The van der Waals surface area contributed by atoms with Gasteiger partial charge < -0.3 is 10.6 Å². The van der Waals surface area contributed by atoms with Crippen molar-refractivity contribution in [2.24, 2.45) is 12.0 Å². The Morgan fingerprint density at radius 3 is 2.94 bits per heavy atom. The maximum atomic E-state index is 4.52. The Hall–Kier alpha value is -1.78. The monoisotopic (exact) mass is 249 g/mol. The van der Waals surface area contributed by atoms with E-state index < -0.39 is 0 Å². The Bertz CT molecular complexity index is 392. The second-order valence-corrected chi connectivity index (χ2v) is 3.93. The number of hydrogen-bond donors (Lipinski definition) is 2. The van der Waals surface area contributed by atoms with Crippen molar-refractivity contribution in [3.8, 4) is 0 Å². The average molecular weight is 249 g/mol. The molecule has 0 amide bonds. The van der Waals surface area contributed by atoms with Crippen molar-refractivity contribution in [1.29, 1.82) is 0 Å². The smallest absolute Gasteiger partial charge is 0.191 e. The Balaban J connectivity index is 2.47. The highest BCUT2D eigenvalue weighted by Crippen LogP contribution is 1.97. The molecule has 0 spiro atoms. The Morgan fingerprint density at radius 1 is 1.50 bits per heavy atom. The average Bonchev–Trinajstić information content (AvgIpc) is 2.77. The van der Waals surface area contributed by atoms with E-state index in [2.05, 4.69) is 39.8 Å². The molecule has 0 saturated heterocycles. The van der Waals surface area contributed by atoms with Gasteiger partial charge in [-0.3, -0.25) is 4.68 Å². The molecule has 0 fully saturated rings. The molecule has 0 radical (unpaired) electrons. The molecule has 0 bridgehead atoms. The molecule has 18 heavy (non-hydrogen) atoms. The molecule has 0 aliphatic rings. The SMILES string of the molecule is C/C=C/CCNC(=NCc1ccnn1C)NCC. The first-order valence-electron chi connectivity index (χ1n) is 6.38. The molecular weight excluding hydrogens is 226 g/mol. The molecule has 0 atom stereocenters. The number of aryl methyl sites for hydroxylation is 1. The molecular formula is C13H23N5. The number of rotatable bonds is 6. The number of guanidine groups is 1. The van der Waals surface area contributed by atoms with E-state index in [4.69, 9.17) is 0 Å². The van der Waals surface area contributed by atoms with Crippen molar-refractivity contribution >= 4 is 5.96 Å². The molecule has 5 nitrogen and oxygen atoms in total. The Labute approximate surface area is 109 Å². The molecule has 1 rings (SSSR count). The van der Waals surface area contributed by atoms with Gasteiger partial charge in [-0.1, -0.05) is 12.2 Å². The summed E-state index contributed by atoms with van der Waals surface area (Å²) in [6.07, 6.45) is 6.99. The predicted molar refractivity (Wildman–Crippen MR) is 75.5 cm³/mol. The van der Waals surface area contributed by atoms with Crippen LogP contribution in [-0.4, -0.2) is 28.8 Å². The fourth-order valence-electron chi connectivity index (χ4n) is 1.50. The first-order valence-corrected chi connectivity index (χ1v) is 6.38. The van der Waals surface area contributed by atoms with Crippen LogP contribution in [0.2, 0.25) is 0 Å². The van der Waals surface area contributed by atoms with Crippen molar-refractivity contribution in [3.05, 3.63) is 30.1 Å². The van der Waals surface area contributed by atoms with Crippen LogP contribution in [0.3, 0.4) is 0 Å². The molecule has 0 aromatic carbocycles. The summed E-state index contributed by atoms with van der Waals surface area (Å²) < 4.78 is 1.84. The van der Waals surface area contributed by atoms with E-state index in [1.54, 1.807) is 6.20 Å². The molecule has 1 aromatic rings. The summed E-state index contributed by atoms with van der Waals surface area (Å²) in [6.45, 7) is 6.48. The van der Waals surface area contributed by atoms with Gasteiger partial charge in [-0.15, -0.1) is 0 Å².